The Hall–Kier alpha value is -2.29. The van der Waals surface area contributed by atoms with E-state index in [1.54, 1.807) is 12.1 Å². The molecule has 0 unspecified atom stereocenters. The molecule has 3 rings (SSSR count). The highest BCUT2D eigenvalue weighted by Gasteiger charge is 2.12. The van der Waals surface area contributed by atoms with Crippen LogP contribution in [0.1, 0.15) is 10.4 Å². The highest BCUT2D eigenvalue weighted by atomic mass is 16.4. The number of aromatic nitrogens is 1. The summed E-state index contributed by atoms with van der Waals surface area (Å²) in [6.07, 6.45) is 0. The summed E-state index contributed by atoms with van der Waals surface area (Å²) in [7, 11) is 0. The van der Waals surface area contributed by atoms with Crippen LogP contribution >= 0.6 is 0 Å². The minimum atomic E-state index is -0.893. The average molecular weight is 211 g/mol. The summed E-state index contributed by atoms with van der Waals surface area (Å²) in [6, 6.07) is 13.0. The molecule has 0 fully saturated rings. The SMILES string of the molecule is O=C(O)c1cccc2[nH]c3ccccc3c12. The zero-order valence-corrected chi connectivity index (χ0v) is 8.40. The summed E-state index contributed by atoms with van der Waals surface area (Å²) in [6.45, 7) is 0. The fourth-order valence-corrected chi connectivity index (χ4v) is 2.08. The first-order valence-electron chi connectivity index (χ1n) is 5.00. The first-order chi connectivity index (χ1) is 7.77. The third-order valence-corrected chi connectivity index (χ3v) is 2.76. The van der Waals surface area contributed by atoms with Crippen LogP contribution in [-0.4, -0.2) is 16.1 Å². The number of hydrogen-bond acceptors (Lipinski definition) is 1. The van der Waals surface area contributed by atoms with Crippen molar-refractivity contribution in [3.63, 3.8) is 0 Å². The summed E-state index contributed by atoms with van der Waals surface area (Å²) in [5.74, 6) is -0.893. The van der Waals surface area contributed by atoms with Crippen LogP contribution in [0.3, 0.4) is 0 Å². The van der Waals surface area contributed by atoms with Crippen molar-refractivity contribution in [2.24, 2.45) is 0 Å². The molecular formula is C13H9NO2. The van der Waals surface area contributed by atoms with Gasteiger partial charge in [-0.2, -0.15) is 0 Å². The monoisotopic (exact) mass is 211 g/mol. The molecule has 1 heterocycles. The van der Waals surface area contributed by atoms with Crippen LogP contribution in [0.4, 0.5) is 0 Å². The lowest BCUT2D eigenvalue weighted by atomic mass is 10.1. The Morgan fingerprint density at radius 3 is 2.56 bits per heavy atom. The smallest absolute Gasteiger partial charge is 0.336 e. The van der Waals surface area contributed by atoms with Crippen molar-refractivity contribution in [2.45, 2.75) is 0 Å². The van der Waals surface area contributed by atoms with Gasteiger partial charge in [-0.3, -0.25) is 0 Å². The molecule has 0 aliphatic heterocycles. The van der Waals surface area contributed by atoms with E-state index in [1.807, 2.05) is 30.3 Å². The number of rotatable bonds is 1. The fourth-order valence-electron chi connectivity index (χ4n) is 2.08. The summed E-state index contributed by atoms with van der Waals surface area (Å²) < 4.78 is 0. The molecule has 0 atom stereocenters. The van der Waals surface area contributed by atoms with E-state index in [9.17, 15) is 4.79 Å². The molecule has 0 spiro atoms. The highest BCUT2D eigenvalue weighted by molar-refractivity contribution is 6.16. The number of nitrogens with one attached hydrogen (secondary N) is 1. The zero-order valence-electron chi connectivity index (χ0n) is 8.40. The van der Waals surface area contributed by atoms with Crippen molar-refractivity contribution in [1.29, 1.82) is 0 Å². The second-order valence-corrected chi connectivity index (χ2v) is 3.70. The molecular weight excluding hydrogens is 202 g/mol. The van der Waals surface area contributed by atoms with Gasteiger partial charge in [0.15, 0.2) is 0 Å². The van der Waals surface area contributed by atoms with Crippen LogP contribution in [-0.2, 0) is 0 Å². The van der Waals surface area contributed by atoms with Gasteiger partial charge < -0.3 is 10.1 Å². The number of H-pyrrole nitrogens is 1. The largest absolute Gasteiger partial charge is 0.478 e. The Bertz CT molecular complexity index is 697. The Morgan fingerprint density at radius 1 is 1.00 bits per heavy atom. The first-order valence-corrected chi connectivity index (χ1v) is 5.00. The lowest BCUT2D eigenvalue weighted by Gasteiger charge is -1.97. The van der Waals surface area contributed by atoms with Crippen molar-refractivity contribution in [2.75, 3.05) is 0 Å². The van der Waals surface area contributed by atoms with Gasteiger partial charge >= 0.3 is 5.97 Å². The van der Waals surface area contributed by atoms with E-state index in [0.717, 1.165) is 21.8 Å². The number of aromatic amines is 1. The van der Waals surface area contributed by atoms with Crippen LogP contribution in [0.2, 0.25) is 0 Å². The quantitative estimate of drug-likeness (QED) is 0.650. The Kier molecular flexibility index (Phi) is 1.74. The minimum Gasteiger partial charge on any atom is -0.478 e. The van der Waals surface area contributed by atoms with E-state index in [1.165, 1.54) is 0 Å². The molecule has 0 saturated heterocycles. The standard InChI is InChI=1S/C13H9NO2/c15-13(16)9-5-3-7-11-12(9)8-4-1-2-6-10(8)14-11/h1-7,14H,(H,15,16). The lowest BCUT2D eigenvalue weighted by Crippen LogP contribution is -1.96. The topological polar surface area (TPSA) is 53.1 Å². The molecule has 0 radical (unpaired) electrons. The van der Waals surface area contributed by atoms with Crippen LogP contribution in [0.5, 0.6) is 0 Å². The number of para-hydroxylation sites is 1. The molecule has 78 valence electrons. The van der Waals surface area contributed by atoms with Gasteiger partial charge in [0.2, 0.25) is 0 Å². The van der Waals surface area contributed by atoms with Gasteiger partial charge in [0.1, 0.15) is 0 Å². The second-order valence-electron chi connectivity index (χ2n) is 3.70. The van der Waals surface area contributed by atoms with Crippen LogP contribution in [0.15, 0.2) is 42.5 Å². The van der Waals surface area contributed by atoms with Crippen molar-refractivity contribution >= 4 is 27.8 Å². The van der Waals surface area contributed by atoms with Gasteiger partial charge in [-0.1, -0.05) is 24.3 Å². The lowest BCUT2D eigenvalue weighted by molar-refractivity contribution is 0.0699. The van der Waals surface area contributed by atoms with Crippen LogP contribution in [0.25, 0.3) is 21.8 Å². The third kappa shape index (κ3) is 1.11. The fraction of sp³-hybridized carbons (Fsp3) is 0. The predicted molar refractivity (Wildman–Crippen MR) is 62.8 cm³/mol. The highest BCUT2D eigenvalue weighted by Crippen LogP contribution is 2.28. The Morgan fingerprint density at radius 2 is 1.75 bits per heavy atom. The second kappa shape index (κ2) is 3.10. The van der Waals surface area contributed by atoms with Gasteiger partial charge in [0.25, 0.3) is 0 Å². The summed E-state index contributed by atoms with van der Waals surface area (Å²) in [4.78, 5) is 14.4. The zero-order chi connectivity index (χ0) is 11.1. The number of carboxylic acids is 1. The normalized spacial score (nSPS) is 11.0. The van der Waals surface area contributed by atoms with Crippen molar-refractivity contribution in [3.05, 3.63) is 48.0 Å². The summed E-state index contributed by atoms with van der Waals surface area (Å²) in [5.41, 5.74) is 2.17. The molecule has 16 heavy (non-hydrogen) atoms. The molecule has 0 saturated carbocycles. The van der Waals surface area contributed by atoms with Crippen molar-refractivity contribution in [3.8, 4) is 0 Å². The number of carboxylic acid groups (broad SMARTS) is 1. The molecule has 3 aromatic rings. The Balaban J connectivity index is 2.57. The third-order valence-electron chi connectivity index (χ3n) is 2.76. The van der Waals surface area contributed by atoms with Gasteiger partial charge in [-0.15, -0.1) is 0 Å². The van der Waals surface area contributed by atoms with Gasteiger partial charge in [0.05, 0.1) is 5.56 Å². The Labute approximate surface area is 91.3 Å². The molecule has 0 aliphatic rings. The van der Waals surface area contributed by atoms with E-state index in [4.69, 9.17) is 5.11 Å². The number of aromatic carboxylic acids is 1. The molecule has 0 aliphatic carbocycles. The van der Waals surface area contributed by atoms with Crippen molar-refractivity contribution in [1.82, 2.24) is 4.98 Å². The number of hydrogen-bond donors (Lipinski definition) is 2. The van der Waals surface area contributed by atoms with Gasteiger partial charge in [-0.25, -0.2) is 4.79 Å². The van der Waals surface area contributed by atoms with E-state index < -0.39 is 5.97 Å². The molecule has 0 amide bonds. The van der Waals surface area contributed by atoms with E-state index in [2.05, 4.69) is 4.98 Å². The first kappa shape index (κ1) is 8.97. The van der Waals surface area contributed by atoms with Crippen LogP contribution in [0, 0.1) is 0 Å². The van der Waals surface area contributed by atoms with Crippen LogP contribution < -0.4 is 0 Å². The number of benzene rings is 2. The number of fused-ring (bicyclic) bond motifs is 3. The molecule has 2 N–H and O–H groups in total. The van der Waals surface area contributed by atoms with Crippen molar-refractivity contribution < 1.29 is 9.90 Å². The number of carbonyl (C=O) groups is 1. The summed E-state index contributed by atoms with van der Waals surface area (Å²) >= 11 is 0. The molecule has 1 aromatic heterocycles. The van der Waals surface area contributed by atoms with Gasteiger partial charge in [0, 0.05) is 21.8 Å². The van der Waals surface area contributed by atoms with E-state index >= 15 is 0 Å². The molecule has 2 aromatic carbocycles. The molecule has 0 bridgehead atoms. The maximum atomic E-state index is 11.1. The van der Waals surface area contributed by atoms with E-state index in [-0.39, 0.29) is 0 Å². The predicted octanol–water partition coefficient (Wildman–Crippen LogP) is 3.02. The average Bonchev–Trinajstić information content (AvgIpc) is 2.66. The van der Waals surface area contributed by atoms with E-state index in [0.29, 0.717) is 5.56 Å². The maximum Gasteiger partial charge on any atom is 0.336 e. The minimum absolute atomic E-state index is 0.343. The summed E-state index contributed by atoms with van der Waals surface area (Å²) in [5, 5.41) is 10.9. The maximum absolute atomic E-state index is 11.1. The molecule has 3 heteroatoms. The van der Waals surface area contributed by atoms with Gasteiger partial charge in [-0.05, 0) is 18.2 Å². The molecule has 3 nitrogen and oxygen atoms in total.